The first-order chi connectivity index (χ1) is 8.93. The van der Waals surface area contributed by atoms with Gasteiger partial charge in [0.1, 0.15) is 0 Å². The molecule has 1 aliphatic rings. The third-order valence-electron chi connectivity index (χ3n) is 3.78. The van der Waals surface area contributed by atoms with E-state index in [1.807, 2.05) is 6.92 Å². The maximum atomic E-state index is 12.0. The number of urea groups is 1. The van der Waals surface area contributed by atoms with Gasteiger partial charge in [0.25, 0.3) is 0 Å². The van der Waals surface area contributed by atoms with E-state index in [-0.39, 0.29) is 24.7 Å². The van der Waals surface area contributed by atoms with Gasteiger partial charge in [-0.1, -0.05) is 13.8 Å². The number of aliphatic hydroxyl groups is 1. The van der Waals surface area contributed by atoms with Gasteiger partial charge in [0.05, 0.1) is 12.6 Å². The van der Waals surface area contributed by atoms with Gasteiger partial charge in [-0.25, -0.2) is 4.79 Å². The summed E-state index contributed by atoms with van der Waals surface area (Å²) in [4.78, 5) is 16.0. The lowest BCUT2D eigenvalue weighted by Gasteiger charge is -2.34. The Morgan fingerprint density at radius 1 is 1.37 bits per heavy atom. The Bertz CT molecular complexity index is 276. The number of likely N-dealkylation sites (tertiary alicyclic amines) is 1. The molecule has 0 radical (unpaired) electrons. The Balaban J connectivity index is 2.30. The molecule has 0 aromatic rings. The average Bonchev–Trinajstić information content (AvgIpc) is 2.38. The fraction of sp³-hybridized carbons (Fsp3) is 0.929. The number of hydrogen-bond donors (Lipinski definition) is 2. The van der Waals surface area contributed by atoms with E-state index >= 15 is 0 Å². The number of amides is 2. The second-order valence-electron chi connectivity index (χ2n) is 6.06. The van der Waals surface area contributed by atoms with E-state index < -0.39 is 0 Å². The highest BCUT2D eigenvalue weighted by atomic mass is 16.3. The lowest BCUT2D eigenvalue weighted by atomic mass is 10.0. The number of nitrogens with one attached hydrogen (secondary N) is 1. The predicted octanol–water partition coefficient (Wildman–Crippen LogP) is 1.13. The van der Waals surface area contributed by atoms with Crippen LogP contribution < -0.4 is 5.32 Å². The summed E-state index contributed by atoms with van der Waals surface area (Å²) >= 11 is 0. The number of carbonyl (C=O) groups is 1. The van der Waals surface area contributed by atoms with Crippen LogP contribution in [0, 0.1) is 5.92 Å². The van der Waals surface area contributed by atoms with Crippen LogP contribution in [0.5, 0.6) is 0 Å². The van der Waals surface area contributed by atoms with Gasteiger partial charge in [0, 0.05) is 32.7 Å². The molecular formula is C14H29N3O2. The summed E-state index contributed by atoms with van der Waals surface area (Å²) in [5.41, 5.74) is 0. The largest absolute Gasteiger partial charge is 0.394 e. The Morgan fingerprint density at radius 3 is 2.42 bits per heavy atom. The quantitative estimate of drug-likeness (QED) is 0.788. The third-order valence-corrected chi connectivity index (χ3v) is 3.78. The fourth-order valence-electron chi connectivity index (χ4n) is 2.38. The van der Waals surface area contributed by atoms with Gasteiger partial charge in [-0.05, 0) is 25.7 Å². The molecule has 0 bridgehead atoms. The average molecular weight is 271 g/mol. The number of piperidine rings is 1. The Hall–Kier alpha value is -0.810. The second-order valence-corrected chi connectivity index (χ2v) is 6.06. The summed E-state index contributed by atoms with van der Waals surface area (Å²) in [5.74, 6) is 0.697. The van der Waals surface area contributed by atoms with E-state index in [1.165, 1.54) is 0 Å². The van der Waals surface area contributed by atoms with Crippen LogP contribution in [-0.2, 0) is 0 Å². The molecule has 1 saturated heterocycles. The van der Waals surface area contributed by atoms with Crippen LogP contribution in [0.2, 0.25) is 0 Å². The number of rotatable bonds is 5. The van der Waals surface area contributed by atoms with E-state index in [1.54, 1.807) is 11.9 Å². The molecule has 1 heterocycles. The Morgan fingerprint density at radius 2 is 1.95 bits per heavy atom. The molecule has 0 saturated carbocycles. The van der Waals surface area contributed by atoms with Crippen molar-refractivity contribution in [2.75, 3.05) is 33.3 Å². The molecule has 0 spiro atoms. The normalized spacial score (nSPS) is 19.5. The van der Waals surface area contributed by atoms with Crippen molar-refractivity contribution in [2.45, 2.75) is 45.7 Å². The molecule has 0 aromatic heterocycles. The zero-order valence-electron chi connectivity index (χ0n) is 12.7. The first kappa shape index (κ1) is 16.2. The highest BCUT2D eigenvalue weighted by Gasteiger charge is 2.23. The minimum atomic E-state index is -0.138. The summed E-state index contributed by atoms with van der Waals surface area (Å²) in [7, 11) is 1.73. The Kier molecular flexibility index (Phi) is 6.58. The van der Waals surface area contributed by atoms with Crippen molar-refractivity contribution in [3.63, 3.8) is 0 Å². The highest BCUT2D eigenvalue weighted by molar-refractivity contribution is 5.74. The molecule has 5 heteroatoms. The van der Waals surface area contributed by atoms with E-state index in [0.717, 1.165) is 32.5 Å². The van der Waals surface area contributed by atoms with Gasteiger partial charge in [0.2, 0.25) is 0 Å². The molecule has 2 N–H and O–H groups in total. The molecule has 0 aliphatic carbocycles. The SMILES string of the molecule is CC(C)CN1CCC(NC(=O)N(C)C(C)CO)CC1. The molecule has 2 amide bonds. The van der Waals surface area contributed by atoms with E-state index in [2.05, 4.69) is 24.1 Å². The van der Waals surface area contributed by atoms with Gasteiger partial charge < -0.3 is 20.2 Å². The van der Waals surface area contributed by atoms with Crippen molar-refractivity contribution in [3.05, 3.63) is 0 Å². The predicted molar refractivity (Wildman–Crippen MR) is 77.1 cm³/mol. The number of carbonyl (C=O) groups excluding carboxylic acids is 1. The van der Waals surface area contributed by atoms with Crippen LogP contribution in [-0.4, -0.2) is 66.3 Å². The van der Waals surface area contributed by atoms with Crippen molar-refractivity contribution in [3.8, 4) is 0 Å². The zero-order valence-corrected chi connectivity index (χ0v) is 12.7. The fourth-order valence-corrected chi connectivity index (χ4v) is 2.38. The Labute approximate surface area is 117 Å². The van der Waals surface area contributed by atoms with Crippen LogP contribution in [0.4, 0.5) is 4.79 Å². The van der Waals surface area contributed by atoms with Crippen molar-refractivity contribution in [2.24, 2.45) is 5.92 Å². The third kappa shape index (κ3) is 5.37. The number of likely N-dealkylation sites (N-methyl/N-ethyl adjacent to an activating group) is 1. The molecule has 1 unspecified atom stereocenters. The first-order valence-corrected chi connectivity index (χ1v) is 7.30. The summed E-state index contributed by atoms with van der Waals surface area (Å²) in [6.45, 7) is 9.56. The van der Waals surface area contributed by atoms with Crippen molar-refractivity contribution in [1.29, 1.82) is 0 Å². The molecule has 1 atom stereocenters. The van der Waals surface area contributed by atoms with Crippen molar-refractivity contribution < 1.29 is 9.90 Å². The smallest absolute Gasteiger partial charge is 0.317 e. The van der Waals surface area contributed by atoms with Crippen LogP contribution in [0.3, 0.4) is 0 Å². The van der Waals surface area contributed by atoms with Gasteiger partial charge in [0.15, 0.2) is 0 Å². The van der Waals surface area contributed by atoms with Gasteiger partial charge in [-0.2, -0.15) is 0 Å². The maximum absolute atomic E-state index is 12.0. The van der Waals surface area contributed by atoms with Gasteiger partial charge in [-0.15, -0.1) is 0 Å². The van der Waals surface area contributed by atoms with Crippen LogP contribution in [0.25, 0.3) is 0 Å². The number of hydrogen-bond acceptors (Lipinski definition) is 3. The lowest BCUT2D eigenvalue weighted by Crippen LogP contribution is -2.51. The lowest BCUT2D eigenvalue weighted by molar-refractivity contribution is 0.144. The van der Waals surface area contributed by atoms with E-state index in [9.17, 15) is 4.79 Å². The minimum absolute atomic E-state index is 0.00322. The molecule has 19 heavy (non-hydrogen) atoms. The first-order valence-electron chi connectivity index (χ1n) is 7.30. The minimum Gasteiger partial charge on any atom is -0.394 e. The maximum Gasteiger partial charge on any atom is 0.317 e. The molecule has 5 nitrogen and oxygen atoms in total. The highest BCUT2D eigenvalue weighted by Crippen LogP contribution is 2.12. The molecule has 1 rings (SSSR count). The van der Waals surface area contributed by atoms with Gasteiger partial charge >= 0.3 is 6.03 Å². The second kappa shape index (κ2) is 7.70. The van der Waals surface area contributed by atoms with E-state index in [0.29, 0.717) is 5.92 Å². The number of aliphatic hydroxyl groups excluding tert-OH is 1. The van der Waals surface area contributed by atoms with Crippen LogP contribution in [0.1, 0.15) is 33.6 Å². The van der Waals surface area contributed by atoms with E-state index in [4.69, 9.17) is 5.11 Å². The van der Waals surface area contributed by atoms with Crippen LogP contribution >= 0.6 is 0 Å². The number of nitrogens with zero attached hydrogens (tertiary/aromatic N) is 2. The van der Waals surface area contributed by atoms with Crippen molar-refractivity contribution in [1.82, 2.24) is 15.1 Å². The zero-order chi connectivity index (χ0) is 14.4. The molecular weight excluding hydrogens is 242 g/mol. The molecule has 1 fully saturated rings. The monoisotopic (exact) mass is 271 g/mol. The molecule has 1 aliphatic heterocycles. The summed E-state index contributed by atoms with van der Waals surface area (Å²) in [5, 5.41) is 12.1. The van der Waals surface area contributed by atoms with Crippen molar-refractivity contribution >= 4 is 6.03 Å². The summed E-state index contributed by atoms with van der Waals surface area (Å²) < 4.78 is 0. The summed E-state index contributed by atoms with van der Waals surface area (Å²) in [6, 6.07) is 0.0501. The molecule has 112 valence electrons. The van der Waals surface area contributed by atoms with Crippen LogP contribution in [0.15, 0.2) is 0 Å². The van der Waals surface area contributed by atoms with Gasteiger partial charge in [-0.3, -0.25) is 0 Å². The standard InChI is InChI=1S/C14H29N3O2/c1-11(2)9-17-7-5-13(6-8-17)15-14(19)16(4)12(3)10-18/h11-13,18H,5-10H2,1-4H3,(H,15,19). The topological polar surface area (TPSA) is 55.8 Å². The summed E-state index contributed by atoms with van der Waals surface area (Å²) in [6.07, 6.45) is 2.03. The molecule has 0 aromatic carbocycles.